The molecular weight excluding hydrogens is 236 g/mol. The average molecular weight is 256 g/mol. The standard InChI is InChI=1S/C15H20N4/c1-2-9-17-15-13-6-4-3-5-12(13)7-8-14(15)19-11-16-10-18-19/h3-6,10-11,14-15,17H,2,7-9H2,1H3. The van der Waals surface area contributed by atoms with Crippen LogP contribution in [0.1, 0.15) is 43.0 Å². The van der Waals surface area contributed by atoms with Crippen molar-refractivity contribution in [2.45, 2.75) is 38.3 Å². The Balaban J connectivity index is 1.93. The first-order valence-corrected chi connectivity index (χ1v) is 7.05. The second-order valence-corrected chi connectivity index (χ2v) is 5.11. The molecule has 19 heavy (non-hydrogen) atoms. The lowest BCUT2D eigenvalue weighted by Crippen LogP contribution is -2.34. The van der Waals surface area contributed by atoms with E-state index in [1.54, 1.807) is 6.33 Å². The molecule has 1 aromatic heterocycles. The van der Waals surface area contributed by atoms with Gasteiger partial charge >= 0.3 is 0 Å². The minimum Gasteiger partial charge on any atom is -0.308 e. The van der Waals surface area contributed by atoms with Crippen molar-refractivity contribution in [3.8, 4) is 0 Å². The monoisotopic (exact) mass is 256 g/mol. The van der Waals surface area contributed by atoms with Gasteiger partial charge in [0.25, 0.3) is 0 Å². The molecule has 2 aromatic rings. The van der Waals surface area contributed by atoms with Crippen LogP contribution in [0.3, 0.4) is 0 Å². The molecule has 0 bridgehead atoms. The molecule has 4 heteroatoms. The van der Waals surface area contributed by atoms with Gasteiger partial charge in [0.2, 0.25) is 0 Å². The van der Waals surface area contributed by atoms with Gasteiger partial charge in [0.15, 0.2) is 0 Å². The van der Waals surface area contributed by atoms with Crippen LogP contribution in [0, 0.1) is 0 Å². The van der Waals surface area contributed by atoms with Crippen LogP contribution in [-0.2, 0) is 6.42 Å². The third-order valence-electron chi connectivity index (χ3n) is 3.88. The van der Waals surface area contributed by atoms with E-state index in [-0.39, 0.29) is 0 Å². The number of nitrogens with zero attached hydrogens (tertiary/aromatic N) is 3. The minimum absolute atomic E-state index is 0.339. The molecule has 3 rings (SSSR count). The maximum absolute atomic E-state index is 4.34. The molecule has 0 spiro atoms. The van der Waals surface area contributed by atoms with Gasteiger partial charge in [0.1, 0.15) is 12.7 Å². The topological polar surface area (TPSA) is 42.7 Å². The number of hydrogen-bond acceptors (Lipinski definition) is 3. The molecular formula is C15H20N4. The zero-order valence-corrected chi connectivity index (χ0v) is 11.3. The van der Waals surface area contributed by atoms with E-state index < -0.39 is 0 Å². The molecule has 0 amide bonds. The van der Waals surface area contributed by atoms with Gasteiger partial charge in [0.05, 0.1) is 12.1 Å². The Morgan fingerprint density at radius 1 is 1.37 bits per heavy atom. The number of nitrogens with one attached hydrogen (secondary N) is 1. The zero-order chi connectivity index (χ0) is 13.1. The first kappa shape index (κ1) is 12.4. The molecule has 1 aliphatic carbocycles. The summed E-state index contributed by atoms with van der Waals surface area (Å²) >= 11 is 0. The smallest absolute Gasteiger partial charge is 0.137 e. The Hall–Kier alpha value is -1.68. The van der Waals surface area contributed by atoms with Crippen LogP contribution < -0.4 is 5.32 Å². The number of aryl methyl sites for hydroxylation is 1. The first-order chi connectivity index (χ1) is 9.40. The van der Waals surface area contributed by atoms with Crippen molar-refractivity contribution >= 4 is 0 Å². The summed E-state index contributed by atoms with van der Waals surface area (Å²) in [5, 5.41) is 8.01. The van der Waals surface area contributed by atoms with E-state index in [1.807, 2.05) is 11.0 Å². The van der Waals surface area contributed by atoms with E-state index in [1.165, 1.54) is 11.1 Å². The zero-order valence-electron chi connectivity index (χ0n) is 11.3. The lowest BCUT2D eigenvalue weighted by Gasteiger charge is -2.34. The Kier molecular flexibility index (Phi) is 3.60. The summed E-state index contributed by atoms with van der Waals surface area (Å²) in [6.45, 7) is 3.23. The predicted octanol–water partition coefficient (Wildman–Crippen LogP) is 2.51. The van der Waals surface area contributed by atoms with Crippen molar-refractivity contribution in [2.75, 3.05) is 6.54 Å². The van der Waals surface area contributed by atoms with Gasteiger partial charge in [-0.15, -0.1) is 0 Å². The second kappa shape index (κ2) is 5.53. The molecule has 0 saturated carbocycles. The minimum atomic E-state index is 0.339. The van der Waals surface area contributed by atoms with Crippen molar-refractivity contribution in [1.82, 2.24) is 20.1 Å². The van der Waals surface area contributed by atoms with E-state index in [2.05, 4.69) is 46.6 Å². The Morgan fingerprint density at radius 2 is 2.26 bits per heavy atom. The van der Waals surface area contributed by atoms with Crippen molar-refractivity contribution in [3.05, 3.63) is 48.0 Å². The van der Waals surface area contributed by atoms with Crippen LogP contribution in [0.15, 0.2) is 36.9 Å². The third-order valence-corrected chi connectivity index (χ3v) is 3.88. The summed E-state index contributed by atoms with van der Waals surface area (Å²) in [5.41, 5.74) is 2.88. The molecule has 0 fully saturated rings. The van der Waals surface area contributed by atoms with E-state index in [4.69, 9.17) is 0 Å². The fraction of sp³-hybridized carbons (Fsp3) is 0.467. The maximum atomic E-state index is 4.34. The summed E-state index contributed by atoms with van der Waals surface area (Å²) < 4.78 is 2.00. The highest BCUT2D eigenvalue weighted by molar-refractivity contribution is 5.33. The quantitative estimate of drug-likeness (QED) is 0.914. The Morgan fingerprint density at radius 3 is 3.05 bits per heavy atom. The highest BCUT2D eigenvalue weighted by Gasteiger charge is 2.30. The SMILES string of the molecule is CCCNC1c2ccccc2CCC1n1cncn1. The molecule has 2 atom stereocenters. The molecule has 0 saturated heterocycles. The summed E-state index contributed by atoms with van der Waals surface area (Å²) in [7, 11) is 0. The van der Waals surface area contributed by atoms with Crippen molar-refractivity contribution < 1.29 is 0 Å². The largest absolute Gasteiger partial charge is 0.308 e. The molecule has 1 aromatic carbocycles. The fourth-order valence-electron chi connectivity index (χ4n) is 2.96. The summed E-state index contributed by atoms with van der Waals surface area (Å²) in [6, 6.07) is 9.45. The highest BCUT2D eigenvalue weighted by Crippen LogP contribution is 2.36. The van der Waals surface area contributed by atoms with E-state index in [0.717, 1.165) is 25.8 Å². The molecule has 1 heterocycles. The molecule has 1 N–H and O–H groups in total. The fourth-order valence-corrected chi connectivity index (χ4v) is 2.96. The van der Waals surface area contributed by atoms with Gasteiger partial charge < -0.3 is 5.32 Å². The van der Waals surface area contributed by atoms with Gasteiger partial charge in [0, 0.05) is 0 Å². The van der Waals surface area contributed by atoms with Crippen LogP contribution in [0.2, 0.25) is 0 Å². The van der Waals surface area contributed by atoms with Crippen molar-refractivity contribution in [1.29, 1.82) is 0 Å². The van der Waals surface area contributed by atoms with Crippen molar-refractivity contribution in [2.24, 2.45) is 0 Å². The number of fused-ring (bicyclic) bond motifs is 1. The van der Waals surface area contributed by atoms with Gasteiger partial charge in [-0.3, -0.25) is 0 Å². The van der Waals surface area contributed by atoms with Crippen LogP contribution in [0.25, 0.3) is 0 Å². The number of aromatic nitrogens is 3. The molecule has 0 radical (unpaired) electrons. The summed E-state index contributed by atoms with van der Waals surface area (Å²) in [5.74, 6) is 0. The van der Waals surface area contributed by atoms with Crippen LogP contribution in [0.5, 0.6) is 0 Å². The molecule has 0 aliphatic heterocycles. The number of hydrogen-bond donors (Lipinski definition) is 1. The highest BCUT2D eigenvalue weighted by atomic mass is 15.3. The van der Waals surface area contributed by atoms with Gasteiger partial charge in [-0.1, -0.05) is 31.2 Å². The number of rotatable bonds is 4. The number of benzene rings is 1. The molecule has 2 unspecified atom stereocenters. The van der Waals surface area contributed by atoms with Gasteiger partial charge in [-0.25, -0.2) is 9.67 Å². The van der Waals surface area contributed by atoms with Crippen LogP contribution >= 0.6 is 0 Å². The Labute approximate surface area is 113 Å². The second-order valence-electron chi connectivity index (χ2n) is 5.11. The molecule has 4 nitrogen and oxygen atoms in total. The van der Waals surface area contributed by atoms with Gasteiger partial charge in [-0.2, -0.15) is 5.10 Å². The Bertz CT molecular complexity index is 521. The van der Waals surface area contributed by atoms with E-state index in [0.29, 0.717) is 12.1 Å². The third kappa shape index (κ3) is 2.40. The first-order valence-electron chi connectivity index (χ1n) is 7.05. The van der Waals surface area contributed by atoms with Crippen LogP contribution in [0.4, 0.5) is 0 Å². The summed E-state index contributed by atoms with van der Waals surface area (Å²) in [4.78, 5) is 4.09. The van der Waals surface area contributed by atoms with Crippen molar-refractivity contribution in [3.63, 3.8) is 0 Å². The lowest BCUT2D eigenvalue weighted by atomic mass is 9.84. The van der Waals surface area contributed by atoms with Crippen LogP contribution in [-0.4, -0.2) is 21.3 Å². The average Bonchev–Trinajstić information content (AvgIpc) is 2.98. The maximum Gasteiger partial charge on any atom is 0.137 e. The summed E-state index contributed by atoms with van der Waals surface area (Å²) in [6.07, 6.45) is 6.83. The lowest BCUT2D eigenvalue weighted by molar-refractivity contribution is 0.296. The normalized spacial score (nSPS) is 22.2. The van der Waals surface area contributed by atoms with E-state index in [9.17, 15) is 0 Å². The molecule has 1 aliphatic rings. The predicted molar refractivity (Wildman–Crippen MR) is 74.9 cm³/mol. The molecule has 100 valence electrons. The van der Waals surface area contributed by atoms with E-state index >= 15 is 0 Å². The van der Waals surface area contributed by atoms with Gasteiger partial charge in [-0.05, 0) is 36.9 Å².